The minimum Gasteiger partial charge on any atom is -0.362 e. The molecule has 0 spiro atoms. The van der Waals surface area contributed by atoms with E-state index in [0.29, 0.717) is 6.42 Å². The van der Waals surface area contributed by atoms with Gasteiger partial charge >= 0.3 is 0 Å². The number of methoxy groups -OCH3 is 1. The Morgan fingerprint density at radius 3 is 2.41 bits per heavy atom. The van der Waals surface area contributed by atoms with Crippen molar-refractivity contribution in [2.24, 2.45) is 5.92 Å². The molecule has 0 amide bonds. The first kappa shape index (κ1) is 19.2. The van der Waals surface area contributed by atoms with Crippen molar-refractivity contribution in [3.05, 3.63) is 22.8 Å². The van der Waals surface area contributed by atoms with Crippen LogP contribution in [0.2, 0.25) is 0 Å². The Morgan fingerprint density at radius 2 is 1.82 bits per heavy atom. The summed E-state index contributed by atoms with van der Waals surface area (Å²) in [6.07, 6.45) is 9.61. The summed E-state index contributed by atoms with van der Waals surface area (Å²) in [5, 5.41) is 0. The fourth-order valence-corrected chi connectivity index (χ4v) is 3.42. The van der Waals surface area contributed by atoms with E-state index in [0.717, 1.165) is 36.3 Å². The van der Waals surface area contributed by atoms with E-state index < -0.39 is 5.60 Å². The van der Waals surface area contributed by atoms with E-state index in [2.05, 4.69) is 33.8 Å². The molecule has 0 bridgehead atoms. The molecule has 22 heavy (non-hydrogen) atoms. The molecule has 2 heteroatoms. The Labute approximate surface area is 137 Å². The molecule has 0 aromatic heterocycles. The van der Waals surface area contributed by atoms with Crippen LogP contribution in [0.5, 0.6) is 0 Å². The van der Waals surface area contributed by atoms with Crippen LogP contribution < -0.4 is 0 Å². The van der Waals surface area contributed by atoms with Gasteiger partial charge in [-0.1, -0.05) is 51.2 Å². The number of unbranched alkanes of at least 4 members (excludes halogenated alkanes) is 3. The lowest BCUT2D eigenvalue weighted by atomic mass is 9.75. The van der Waals surface area contributed by atoms with Crippen LogP contribution in [0.25, 0.3) is 0 Å². The van der Waals surface area contributed by atoms with Crippen molar-refractivity contribution in [1.29, 1.82) is 0 Å². The van der Waals surface area contributed by atoms with Gasteiger partial charge in [0.15, 0.2) is 11.4 Å². The molecule has 1 atom stereocenters. The second-order valence-corrected chi connectivity index (χ2v) is 7.15. The Balaban J connectivity index is 2.58. The van der Waals surface area contributed by atoms with Gasteiger partial charge in [0.2, 0.25) is 0 Å². The van der Waals surface area contributed by atoms with Gasteiger partial charge in [0.25, 0.3) is 0 Å². The van der Waals surface area contributed by atoms with Gasteiger partial charge in [-0.2, -0.15) is 0 Å². The molecule has 2 nitrogen and oxygen atoms in total. The highest BCUT2D eigenvalue weighted by Crippen LogP contribution is 2.38. The van der Waals surface area contributed by atoms with Crippen molar-refractivity contribution in [3.8, 4) is 0 Å². The van der Waals surface area contributed by atoms with Gasteiger partial charge in [-0.3, -0.25) is 4.79 Å². The highest BCUT2D eigenvalue weighted by Gasteiger charge is 2.43. The summed E-state index contributed by atoms with van der Waals surface area (Å²) in [6, 6.07) is 0. The summed E-state index contributed by atoms with van der Waals surface area (Å²) in [4.78, 5) is 12.9. The third-order valence-corrected chi connectivity index (χ3v) is 5.07. The smallest absolute Gasteiger partial charge is 0.173 e. The Hall–Kier alpha value is -0.890. The maximum atomic E-state index is 12.9. The lowest BCUT2D eigenvalue weighted by Gasteiger charge is -2.37. The molecule has 0 aromatic carbocycles. The second-order valence-electron chi connectivity index (χ2n) is 7.15. The third-order valence-electron chi connectivity index (χ3n) is 5.07. The largest absolute Gasteiger partial charge is 0.362 e. The first-order chi connectivity index (χ1) is 10.4. The van der Waals surface area contributed by atoms with E-state index in [1.165, 1.54) is 24.8 Å². The van der Waals surface area contributed by atoms with Gasteiger partial charge < -0.3 is 4.74 Å². The van der Waals surface area contributed by atoms with Gasteiger partial charge in [0.1, 0.15) is 0 Å². The van der Waals surface area contributed by atoms with E-state index in [4.69, 9.17) is 4.74 Å². The quantitative estimate of drug-likeness (QED) is 0.408. The molecule has 1 unspecified atom stereocenters. The van der Waals surface area contributed by atoms with Crippen molar-refractivity contribution in [2.75, 3.05) is 7.11 Å². The topological polar surface area (TPSA) is 26.3 Å². The summed E-state index contributed by atoms with van der Waals surface area (Å²) in [5.41, 5.74) is 2.63. The second kappa shape index (κ2) is 8.67. The lowest BCUT2D eigenvalue weighted by Crippen LogP contribution is -2.45. The van der Waals surface area contributed by atoms with Gasteiger partial charge in [-0.05, 0) is 50.7 Å². The van der Waals surface area contributed by atoms with Gasteiger partial charge in [-0.25, -0.2) is 0 Å². The van der Waals surface area contributed by atoms with Crippen molar-refractivity contribution in [1.82, 2.24) is 0 Å². The van der Waals surface area contributed by atoms with Crippen LogP contribution >= 0.6 is 0 Å². The summed E-state index contributed by atoms with van der Waals surface area (Å²) in [5.74, 6) is 1.01. The highest BCUT2D eigenvalue weighted by atomic mass is 16.5. The number of Topliss-reactive ketones (excluding diaryl/α,β-unsaturated/α-hetero) is 1. The number of carbonyl (C=O) groups excluding carboxylic acids is 1. The third kappa shape index (κ3) is 4.32. The Morgan fingerprint density at radius 1 is 1.18 bits per heavy atom. The zero-order valence-corrected chi connectivity index (χ0v) is 15.4. The molecule has 126 valence electrons. The van der Waals surface area contributed by atoms with Crippen molar-refractivity contribution >= 4 is 5.78 Å². The molecule has 0 saturated carbocycles. The molecule has 1 aliphatic carbocycles. The average Bonchev–Trinajstić information content (AvgIpc) is 2.47. The SMILES string of the molecule is COC1(C(=O)CCCCCCC(C)C)C(C)=CCC(C)=C1C. The molecular formula is C20H34O2. The molecule has 0 saturated heterocycles. The zero-order valence-electron chi connectivity index (χ0n) is 15.4. The van der Waals surface area contributed by atoms with Crippen LogP contribution in [0, 0.1) is 5.92 Å². The zero-order chi connectivity index (χ0) is 16.8. The molecule has 0 aliphatic heterocycles. The molecule has 0 N–H and O–H groups in total. The summed E-state index contributed by atoms with van der Waals surface area (Å²) < 4.78 is 5.77. The standard InChI is InChI=1S/C20H34O2/c1-15(2)11-9-7-8-10-12-19(21)20(22-6)17(4)14-13-16(3)18(20)5/h14-15H,7-13H2,1-6H3. The molecule has 1 rings (SSSR count). The Bertz CT molecular complexity index is 443. The number of rotatable bonds is 9. The van der Waals surface area contributed by atoms with E-state index in [9.17, 15) is 4.79 Å². The van der Waals surface area contributed by atoms with Gasteiger partial charge in [0, 0.05) is 13.5 Å². The average molecular weight is 306 g/mol. The molecule has 0 fully saturated rings. The normalized spacial score (nSPS) is 22.2. The minimum atomic E-state index is -0.791. The maximum Gasteiger partial charge on any atom is 0.173 e. The molecule has 1 aliphatic rings. The number of hydrogen-bond donors (Lipinski definition) is 0. The molecule has 0 aromatic rings. The molecular weight excluding hydrogens is 272 g/mol. The molecule has 0 radical (unpaired) electrons. The van der Waals surface area contributed by atoms with Crippen LogP contribution in [-0.4, -0.2) is 18.5 Å². The fourth-order valence-electron chi connectivity index (χ4n) is 3.42. The van der Waals surface area contributed by atoms with Crippen LogP contribution in [0.4, 0.5) is 0 Å². The fraction of sp³-hybridized carbons (Fsp3) is 0.750. The van der Waals surface area contributed by atoms with Crippen molar-refractivity contribution < 1.29 is 9.53 Å². The number of carbonyl (C=O) groups is 1. The molecule has 0 heterocycles. The predicted molar refractivity (Wildman–Crippen MR) is 94.0 cm³/mol. The first-order valence-electron chi connectivity index (χ1n) is 8.78. The Kier molecular flexibility index (Phi) is 7.55. The maximum absolute atomic E-state index is 12.9. The van der Waals surface area contributed by atoms with E-state index in [1.54, 1.807) is 7.11 Å². The van der Waals surface area contributed by atoms with Gasteiger partial charge in [0.05, 0.1) is 0 Å². The van der Waals surface area contributed by atoms with E-state index in [1.807, 2.05) is 6.92 Å². The number of allylic oxidation sites excluding steroid dienone is 2. The first-order valence-corrected chi connectivity index (χ1v) is 8.78. The summed E-state index contributed by atoms with van der Waals surface area (Å²) in [6.45, 7) is 10.7. The summed E-state index contributed by atoms with van der Waals surface area (Å²) in [7, 11) is 1.67. The minimum absolute atomic E-state index is 0.226. The van der Waals surface area contributed by atoms with Crippen LogP contribution in [0.1, 0.15) is 79.6 Å². The highest BCUT2D eigenvalue weighted by molar-refractivity contribution is 5.94. The number of ether oxygens (including phenoxy) is 1. The predicted octanol–water partition coefficient (Wildman–Crippen LogP) is 5.62. The van der Waals surface area contributed by atoms with E-state index in [-0.39, 0.29) is 5.78 Å². The van der Waals surface area contributed by atoms with Crippen LogP contribution in [0.15, 0.2) is 22.8 Å². The number of ketones is 1. The van der Waals surface area contributed by atoms with Crippen LogP contribution in [-0.2, 0) is 9.53 Å². The lowest BCUT2D eigenvalue weighted by molar-refractivity contribution is -0.133. The van der Waals surface area contributed by atoms with Crippen molar-refractivity contribution in [3.63, 3.8) is 0 Å². The van der Waals surface area contributed by atoms with E-state index >= 15 is 0 Å². The van der Waals surface area contributed by atoms with Crippen LogP contribution in [0.3, 0.4) is 0 Å². The number of hydrogen-bond acceptors (Lipinski definition) is 2. The van der Waals surface area contributed by atoms with Gasteiger partial charge in [-0.15, -0.1) is 0 Å². The van der Waals surface area contributed by atoms with Crippen molar-refractivity contribution in [2.45, 2.75) is 85.2 Å². The summed E-state index contributed by atoms with van der Waals surface area (Å²) >= 11 is 0. The monoisotopic (exact) mass is 306 g/mol.